The highest BCUT2D eigenvalue weighted by Crippen LogP contribution is 2.36. The highest BCUT2D eigenvalue weighted by molar-refractivity contribution is 6.32. The van der Waals surface area contributed by atoms with E-state index >= 15 is 0 Å². The number of rotatable bonds is 8. The van der Waals surface area contributed by atoms with Gasteiger partial charge in [-0.05, 0) is 17.7 Å². The Hall–Kier alpha value is -1.46. The second kappa shape index (κ2) is 7.97. The van der Waals surface area contributed by atoms with Gasteiger partial charge in [-0.15, -0.1) is 0 Å². The van der Waals surface area contributed by atoms with Crippen LogP contribution in [0.4, 0.5) is 0 Å². The summed E-state index contributed by atoms with van der Waals surface area (Å²) >= 11 is 6.19. The van der Waals surface area contributed by atoms with Crippen LogP contribution in [0, 0.1) is 0 Å². The largest absolute Gasteiger partial charge is 0.493 e. The summed E-state index contributed by atoms with van der Waals surface area (Å²) in [5, 5.41) is 3.75. The van der Waals surface area contributed by atoms with Crippen molar-refractivity contribution in [3.05, 3.63) is 22.7 Å². The number of carbonyl (C=O) groups excluding carboxylic acids is 1. The van der Waals surface area contributed by atoms with Crippen molar-refractivity contribution < 1.29 is 14.3 Å². The van der Waals surface area contributed by atoms with Crippen LogP contribution in [0.25, 0.3) is 0 Å². The Morgan fingerprint density at radius 2 is 2.15 bits per heavy atom. The summed E-state index contributed by atoms with van der Waals surface area (Å²) in [4.78, 5) is 10.7. The van der Waals surface area contributed by atoms with Crippen LogP contribution in [-0.4, -0.2) is 25.7 Å². The Bertz CT molecular complexity index is 464. The Morgan fingerprint density at radius 3 is 2.70 bits per heavy atom. The number of carbonyl (C=O) groups is 1. The van der Waals surface area contributed by atoms with Crippen molar-refractivity contribution in [2.24, 2.45) is 5.73 Å². The van der Waals surface area contributed by atoms with Crippen LogP contribution in [0.3, 0.4) is 0 Å². The molecule has 0 fully saturated rings. The number of nitrogens with two attached hydrogens (primary N) is 1. The Kier molecular flexibility index (Phi) is 6.61. The molecule has 6 heteroatoms. The predicted octanol–water partition coefficient (Wildman–Crippen LogP) is 2.10. The Balaban J connectivity index is 2.81. The first-order valence-corrected chi connectivity index (χ1v) is 6.82. The van der Waals surface area contributed by atoms with E-state index < -0.39 is 5.91 Å². The Labute approximate surface area is 124 Å². The van der Waals surface area contributed by atoms with Gasteiger partial charge in [0.05, 0.1) is 25.2 Å². The van der Waals surface area contributed by atoms with Crippen molar-refractivity contribution >= 4 is 17.5 Å². The minimum absolute atomic E-state index is 0.135. The zero-order valence-corrected chi connectivity index (χ0v) is 12.8. The number of hydrogen-bond acceptors (Lipinski definition) is 4. The van der Waals surface area contributed by atoms with Crippen molar-refractivity contribution in [1.82, 2.24) is 5.32 Å². The molecule has 0 saturated carbocycles. The van der Waals surface area contributed by atoms with E-state index in [1.54, 1.807) is 7.11 Å². The lowest BCUT2D eigenvalue weighted by Crippen LogP contribution is -2.21. The maximum atomic E-state index is 10.7. The Morgan fingerprint density at radius 1 is 1.45 bits per heavy atom. The van der Waals surface area contributed by atoms with Gasteiger partial charge in [0.15, 0.2) is 11.5 Å². The molecule has 1 aromatic carbocycles. The normalized spacial score (nSPS) is 10.7. The maximum Gasteiger partial charge on any atom is 0.220 e. The fourth-order valence-corrected chi connectivity index (χ4v) is 1.88. The minimum atomic E-state index is -0.419. The summed E-state index contributed by atoms with van der Waals surface area (Å²) in [5.41, 5.74) is 6.07. The summed E-state index contributed by atoms with van der Waals surface area (Å²) in [6, 6.07) is 4.06. The molecule has 0 unspecified atom stereocenters. The van der Waals surface area contributed by atoms with E-state index in [-0.39, 0.29) is 13.0 Å². The van der Waals surface area contributed by atoms with Crippen molar-refractivity contribution in [3.8, 4) is 11.5 Å². The molecule has 0 saturated heterocycles. The molecule has 1 amide bonds. The van der Waals surface area contributed by atoms with E-state index in [0.29, 0.717) is 29.1 Å². The molecule has 0 aliphatic heterocycles. The van der Waals surface area contributed by atoms with Gasteiger partial charge in [0.1, 0.15) is 0 Å². The standard InChI is InChI=1S/C14H21ClN2O3/c1-9(2)17-8-10-6-11(15)14(12(7-10)19-3)20-5-4-13(16)18/h6-7,9,17H,4-5,8H2,1-3H3,(H2,16,18). The van der Waals surface area contributed by atoms with Gasteiger partial charge in [-0.2, -0.15) is 0 Å². The second-order valence-corrected chi connectivity index (χ2v) is 5.12. The average molecular weight is 301 g/mol. The van der Waals surface area contributed by atoms with Gasteiger partial charge in [0.25, 0.3) is 0 Å². The van der Waals surface area contributed by atoms with Crippen LogP contribution in [0.2, 0.25) is 5.02 Å². The van der Waals surface area contributed by atoms with Gasteiger partial charge in [-0.3, -0.25) is 4.79 Å². The number of ether oxygens (including phenoxy) is 2. The molecule has 0 radical (unpaired) electrons. The highest BCUT2D eigenvalue weighted by Gasteiger charge is 2.12. The zero-order chi connectivity index (χ0) is 15.1. The van der Waals surface area contributed by atoms with E-state index in [9.17, 15) is 4.79 Å². The first-order chi connectivity index (χ1) is 9.43. The predicted molar refractivity (Wildman–Crippen MR) is 79.3 cm³/mol. The molecule has 112 valence electrons. The van der Waals surface area contributed by atoms with Gasteiger partial charge in [-0.25, -0.2) is 0 Å². The molecule has 0 bridgehead atoms. The number of methoxy groups -OCH3 is 1. The van der Waals surface area contributed by atoms with E-state index in [1.807, 2.05) is 12.1 Å². The maximum absolute atomic E-state index is 10.7. The summed E-state index contributed by atoms with van der Waals surface area (Å²) < 4.78 is 10.7. The van der Waals surface area contributed by atoms with Gasteiger partial charge >= 0.3 is 0 Å². The number of amides is 1. The summed E-state index contributed by atoms with van der Waals surface area (Å²) in [6.07, 6.45) is 0.135. The number of nitrogens with one attached hydrogen (secondary N) is 1. The summed E-state index contributed by atoms with van der Waals surface area (Å²) in [7, 11) is 1.55. The monoisotopic (exact) mass is 300 g/mol. The number of hydrogen-bond donors (Lipinski definition) is 2. The second-order valence-electron chi connectivity index (χ2n) is 4.71. The molecule has 0 aliphatic carbocycles. The van der Waals surface area contributed by atoms with Gasteiger partial charge in [0, 0.05) is 12.6 Å². The first kappa shape index (κ1) is 16.6. The SMILES string of the molecule is COc1cc(CNC(C)C)cc(Cl)c1OCCC(N)=O. The molecule has 0 aliphatic rings. The molecule has 0 atom stereocenters. The van der Waals surface area contributed by atoms with Crippen molar-refractivity contribution in [2.75, 3.05) is 13.7 Å². The average Bonchev–Trinajstić information content (AvgIpc) is 2.37. The third-order valence-corrected chi connectivity index (χ3v) is 2.88. The highest BCUT2D eigenvalue weighted by atomic mass is 35.5. The van der Waals surface area contributed by atoms with E-state index in [0.717, 1.165) is 5.56 Å². The number of halogens is 1. The smallest absolute Gasteiger partial charge is 0.220 e. The lowest BCUT2D eigenvalue weighted by atomic mass is 10.2. The van der Waals surface area contributed by atoms with Gasteiger partial charge < -0.3 is 20.5 Å². The molecule has 20 heavy (non-hydrogen) atoms. The third kappa shape index (κ3) is 5.27. The molecular formula is C14H21ClN2O3. The third-order valence-electron chi connectivity index (χ3n) is 2.60. The quantitative estimate of drug-likeness (QED) is 0.771. The fraction of sp³-hybridized carbons (Fsp3) is 0.500. The first-order valence-electron chi connectivity index (χ1n) is 6.45. The lowest BCUT2D eigenvalue weighted by Gasteiger charge is -2.15. The minimum Gasteiger partial charge on any atom is -0.493 e. The van der Waals surface area contributed by atoms with Crippen molar-refractivity contribution in [3.63, 3.8) is 0 Å². The molecule has 5 nitrogen and oxygen atoms in total. The van der Waals surface area contributed by atoms with E-state index in [4.69, 9.17) is 26.8 Å². The number of benzene rings is 1. The van der Waals surface area contributed by atoms with Crippen LogP contribution < -0.4 is 20.5 Å². The summed E-state index contributed by atoms with van der Waals surface area (Å²) in [6.45, 7) is 5.00. The van der Waals surface area contributed by atoms with Crippen LogP contribution in [-0.2, 0) is 11.3 Å². The van der Waals surface area contributed by atoms with E-state index in [1.165, 1.54) is 0 Å². The van der Waals surface area contributed by atoms with Crippen LogP contribution >= 0.6 is 11.6 Å². The molecular weight excluding hydrogens is 280 g/mol. The lowest BCUT2D eigenvalue weighted by molar-refractivity contribution is -0.118. The fourth-order valence-electron chi connectivity index (χ4n) is 1.59. The number of primary amides is 1. The van der Waals surface area contributed by atoms with Crippen LogP contribution in [0.5, 0.6) is 11.5 Å². The van der Waals surface area contributed by atoms with Crippen molar-refractivity contribution in [2.45, 2.75) is 32.9 Å². The molecule has 0 aromatic heterocycles. The summed E-state index contributed by atoms with van der Waals surface area (Å²) in [5.74, 6) is 0.559. The molecule has 3 N–H and O–H groups in total. The molecule has 1 rings (SSSR count). The zero-order valence-electron chi connectivity index (χ0n) is 12.0. The molecule has 1 aromatic rings. The molecule has 0 spiro atoms. The van der Waals surface area contributed by atoms with E-state index in [2.05, 4.69) is 19.2 Å². The topological polar surface area (TPSA) is 73.6 Å². The van der Waals surface area contributed by atoms with Crippen LogP contribution in [0.1, 0.15) is 25.8 Å². The molecule has 0 heterocycles. The van der Waals surface area contributed by atoms with Crippen molar-refractivity contribution in [1.29, 1.82) is 0 Å². The van der Waals surface area contributed by atoms with Crippen LogP contribution in [0.15, 0.2) is 12.1 Å². The van der Waals surface area contributed by atoms with Gasteiger partial charge in [-0.1, -0.05) is 25.4 Å². The van der Waals surface area contributed by atoms with Gasteiger partial charge in [0.2, 0.25) is 5.91 Å².